The molecule has 19 heavy (non-hydrogen) atoms. The quantitative estimate of drug-likeness (QED) is 0.904. The van der Waals surface area contributed by atoms with Crippen LogP contribution in [0, 0.1) is 11.2 Å². The molecule has 2 N–H and O–H groups in total. The van der Waals surface area contributed by atoms with Crippen LogP contribution < -0.4 is 5.73 Å². The summed E-state index contributed by atoms with van der Waals surface area (Å²) in [6.45, 7) is 4.98. The van der Waals surface area contributed by atoms with E-state index in [0.717, 1.165) is 0 Å². The molecule has 1 aromatic carbocycles. The van der Waals surface area contributed by atoms with Gasteiger partial charge in [-0.05, 0) is 46.1 Å². The third-order valence-electron chi connectivity index (χ3n) is 2.73. The van der Waals surface area contributed by atoms with E-state index in [2.05, 4.69) is 15.9 Å². The zero-order chi connectivity index (χ0) is 13.9. The second kappa shape index (κ2) is 7.22. The number of hydrogen-bond donors (Lipinski definition) is 1. The average molecular weight is 354 g/mol. The summed E-state index contributed by atoms with van der Waals surface area (Å²) in [7, 11) is 1.69. The number of amides is 1. The molecular weight excluding hydrogens is 335 g/mol. The van der Waals surface area contributed by atoms with Gasteiger partial charge in [-0.2, -0.15) is 0 Å². The monoisotopic (exact) mass is 352 g/mol. The van der Waals surface area contributed by atoms with Gasteiger partial charge >= 0.3 is 0 Å². The molecule has 1 amide bonds. The molecule has 0 aliphatic carbocycles. The minimum atomic E-state index is -0.438. The third-order valence-corrected chi connectivity index (χ3v) is 3.37. The molecule has 1 aromatic rings. The van der Waals surface area contributed by atoms with Gasteiger partial charge in [0.2, 0.25) is 0 Å². The van der Waals surface area contributed by atoms with Gasteiger partial charge in [-0.25, -0.2) is 4.39 Å². The second-order valence-electron chi connectivity index (χ2n) is 5.16. The number of carbonyl (C=O) groups is 1. The van der Waals surface area contributed by atoms with Crippen molar-refractivity contribution in [1.82, 2.24) is 4.90 Å². The minimum absolute atomic E-state index is 0. The summed E-state index contributed by atoms with van der Waals surface area (Å²) in [5, 5.41) is 0. The standard InChI is InChI=1S/C13H18BrFN2O.ClH/c1-13(2,7-16)8-17(3)12(18)9-4-5-10(14)11(15)6-9;/h4-6H,7-8,16H2,1-3H3;1H. The summed E-state index contributed by atoms with van der Waals surface area (Å²) in [5.41, 5.74) is 5.82. The Kier molecular flexibility index (Phi) is 6.97. The predicted octanol–water partition coefficient (Wildman–Crippen LogP) is 3.07. The molecule has 0 aromatic heterocycles. The first-order chi connectivity index (χ1) is 8.26. The number of rotatable bonds is 4. The van der Waals surface area contributed by atoms with Crippen molar-refractivity contribution in [3.63, 3.8) is 0 Å². The van der Waals surface area contributed by atoms with Crippen LogP contribution >= 0.6 is 28.3 Å². The summed E-state index contributed by atoms with van der Waals surface area (Å²) in [5.74, 6) is -0.643. The van der Waals surface area contributed by atoms with Crippen molar-refractivity contribution in [1.29, 1.82) is 0 Å². The summed E-state index contributed by atoms with van der Waals surface area (Å²) in [6, 6.07) is 4.37. The molecule has 0 atom stereocenters. The molecule has 0 saturated heterocycles. The van der Waals surface area contributed by atoms with E-state index in [0.29, 0.717) is 23.1 Å². The van der Waals surface area contributed by atoms with E-state index in [9.17, 15) is 9.18 Å². The molecule has 0 radical (unpaired) electrons. The topological polar surface area (TPSA) is 46.3 Å². The highest BCUT2D eigenvalue weighted by Gasteiger charge is 2.22. The zero-order valence-electron chi connectivity index (χ0n) is 11.2. The van der Waals surface area contributed by atoms with Crippen molar-refractivity contribution in [2.24, 2.45) is 11.1 Å². The number of benzene rings is 1. The van der Waals surface area contributed by atoms with Crippen molar-refractivity contribution in [2.75, 3.05) is 20.1 Å². The van der Waals surface area contributed by atoms with Crippen LogP contribution in [0.15, 0.2) is 22.7 Å². The van der Waals surface area contributed by atoms with Crippen LogP contribution in [0.5, 0.6) is 0 Å². The van der Waals surface area contributed by atoms with Gasteiger partial charge in [-0.3, -0.25) is 4.79 Å². The number of nitrogens with zero attached hydrogens (tertiary/aromatic N) is 1. The Hall–Kier alpha value is -0.650. The van der Waals surface area contributed by atoms with Crippen molar-refractivity contribution in [3.8, 4) is 0 Å². The lowest BCUT2D eigenvalue weighted by molar-refractivity contribution is 0.0740. The lowest BCUT2D eigenvalue weighted by Gasteiger charge is -2.29. The number of nitrogens with two attached hydrogens (primary N) is 1. The van der Waals surface area contributed by atoms with Crippen molar-refractivity contribution >= 4 is 34.2 Å². The summed E-state index contributed by atoms with van der Waals surface area (Å²) in [6.07, 6.45) is 0. The molecule has 0 fully saturated rings. The van der Waals surface area contributed by atoms with Crippen molar-refractivity contribution in [2.45, 2.75) is 13.8 Å². The van der Waals surface area contributed by atoms with Gasteiger partial charge in [-0.15, -0.1) is 12.4 Å². The Bertz CT molecular complexity index is 454. The van der Waals surface area contributed by atoms with Crippen LogP contribution in [0.2, 0.25) is 0 Å². The van der Waals surface area contributed by atoms with E-state index >= 15 is 0 Å². The predicted molar refractivity (Wildman–Crippen MR) is 81.1 cm³/mol. The Labute approximate surface area is 127 Å². The molecule has 0 unspecified atom stereocenters. The maximum atomic E-state index is 13.4. The first kappa shape index (κ1) is 18.4. The Morgan fingerprint density at radius 1 is 1.47 bits per heavy atom. The largest absolute Gasteiger partial charge is 0.341 e. The third kappa shape index (κ3) is 5.09. The van der Waals surface area contributed by atoms with E-state index in [1.165, 1.54) is 12.1 Å². The molecule has 0 bridgehead atoms. The molecule has 108 valence electrons. The van der Waals surface area contributed by atoms with Crippen LogP contribution in [0.1, 0.15) is 24.2 Å². The Morgan fingerprint density at radius 2 is 2.05 bits per heavy atom. The van der Waals surface area contributed by atoms with Gasteiger partial charge in [-0.1, -0.05) is 13.8 Å². The molecule has 3 nitrogen and oxygen atoms in total. The van der Waals surface area contributed by atoms with E-state index in [1.54, 1.807) is 18.0 Å². The molecule has 0 aliphatic heterocycles. The fourth-order valence-corrected chi connectivity index (χ4v) is 1.87. The molecule has 1 rings (SSSR count). The molecule has 6 heteroatoms. The Morgan fingerprint density at radius 3 is 2.53 bits per heavy atom. The summed E-state index contributed by atoms with van der Waals surface area (Å²) in [4.78, 5) is 13.7. The Balaban J connectivity index is 0.00000324. The van der Waals surface area contributed by atoms with Crippen molar-refractivity contribution in [3.05, 3.63) is 34.1 Å². The first-order valence-electron chi connectivity index (χ1n) is 5.67. The molecular formula is C13H19BrClFN2O. The van der Waals surface area contributed by atoms with Gasteiger partial charge < -0.3 is 10.6 Å². The maximum absolute atomic E-state index is 13.4. The van der Waals surface area contributed by atoms with Crippen LogP contribution in [-0.4, -0.2) is 30.9 Å². The van der Waals surface area contributed by atoms with Crippen molar-refractivity contribution < 1.29 is 9.18 Å². The van der Waals surface area contributed by atoms with E-state index < -0.39 is 5.82 Å². The van der Waals surface area contributed by atoms with Gasteiger partial charge in [0.05, 0.1) is 4.47 Å². The smallest absolute Gasteiger partial charge is 0.253 e. The number of carbonyl (C=O) groups excluding carboxylic acids is 1. The highest BCUT2D eigenvalue weighted by Crippen LogP contribution is 2.19. The SMILES string of the molecule is CN(CC(C)(C)CN)C(=O)c1ccc(Br)c(F)c1.Cl. The van der Waals surface area contributed by atoms with E-state index in [-0.39, 0.29) is 23.7 Å². The fourth-order valence-electron chi connectivity index (χ4n) is 1.63. The average Bonchev–Trinajstić information content (AvgIpc) is 2.31. The molecule has 0 heterocycles. The number of hydrogen-bond acceptors (Lipinski definition) is 2. The lowest BCUT2D eigenvalue weighted by atomic mass is 9.93. The van der Waals surface area contributed by atoms with Gasteiger partial charge in [0.1, 0.15) is 5.82 Å². The van der Waals surface area contributed by atoms with Crippen LogP contribution in [0.25, 0.3) is 0 Å². The summed E-state index contributed by atoms with van der Waals surface area (Å²) < 4.78 is 13.7. The highest BCUT2D eigenvalue weighted by molar-refractivity contribution is 9.10. The normalized spacial score (nSPS) is 10.8. The van der Waals surface area contributed by atoms with Crippen LogP contribution in [0.4, 0.5) is 4.39 Å². The zero-order valence-corrected chi connectivity index (χ0v) is 13.6. The summed E-state index contributed by atoms with van der Waals surface area (Å²) >= 11 is 3.06. The minimum Gasteiger partial charge on any atom is -0.341 e. The fraction of sp³-hybridized carbons (Fsp3) is 0.462. The van der Waals surface area contributed by atoms with Crippen LogP contribution in [-0.2, 0) is 0 Å². The molecule has 0 spiro atoms. The molecule has 0 aliphatic rings. The first-order valence-corrected chi connectivity index (χ1v) is 6.47. The lowest BCUT2D eigenvalue weighted by Crippen LogP contribution is -2.39. The van der Waals surface area contributed by atoms with Gasteiger partial charge in [0.15, 0.2) is 0 Å². The van der Waals surface area contributed by atoms with E-state index in [4.69, 9.17) is 5.73 Å². The van der Waals surface area contributed by atoms with Gasteiger partial charge in [0.25, 0.3) is 5.91 Å². The van der Waals surface area contributed by atoms with Crippen LogP contribution in [0.3, 0.4) is 0 Å². The van der Waals surface area contributed by atoms with E-state index in [1.807, 2.05) is 13.8 Å². The second-order valence-corrected chi connectivity index (χ2v) is 6.01. The maximum Gasteiger partial charge on any atom is 0.253 e. The highest BCUT2D eigenvalue weighted by atomic mass is 79.9. The van der Waals surface area contributed by atoms with Gasteiger partial charge in [0, 0.05) is 19.2 Å². The molecule has 0 saturated carbocycles. The number of halogens is 3.